The summed E-state index contributed by atoms with van der Waals surface area (Å²) in [6, 6.07) is 4.95. The lowest BCUT2D eigenvalue weighted by atomic mass is 9.95. The molecule has 0 saturated heterocycles. The first kappa shape index (κ1) is 12.9. The second-order valence-corrected chi connectivity index (χ2v) is 6.05. The summed E-state index contributed by atoms with van der Waals surface area (Å²) in [6.45, 7) is 2.99. The lowest BCUT2D eigenvalue weighted by molar-refractivity contribution is 0.379. The molecule has 1 N–H and O–H groups in total. The maximum Gasteiger partial charge on any atom is 0.0372 e. The summed E-state index contributed by atoms with van der Waals surface area (Å²) in [6.07, 6.45) is 9.63. The maximum absolute atomic E-state index is 4.33. The summed E-state index contributed by atoms with van der Waals surface area (Å²) in [5.74, 6) is 0. The van der Waals surface area contributed by atoms with Crippen molar-refractivity contribution in [1.29, 1.82) is 0 Å². The molecule has 0 amide bonds. The quantitative estimate of drug-likeness (QED) is 0.888. The molecular weight excluding hydrogens is 228 g/mol. The molecule has 1 aromatic rings. The van der Waals surface area contributed by atoms with Crippen molar-refractivity contribution in [3.05, 3.63) is 29.6 Å². The third-order valence-corrected chi connectivity index (χ3v) is 4.62. The minimum absolute atomic E-state index is 0.697. The van der Waals surface area contributed by atoms with Crippen LogP contribution in [0.1, 0.15) is 36.9 Å². The van der Waals surface area contributed by atoms with E-state index in [0.717, 1.165) is 17.5 Å². The van der Waals surface area contributed by atoms with Gasteiger partial charge in [-0.05, 0) is 44.1 Å². The number of pyridine rings is 1. The molecule has 1 saturated carbocycles. The predicted octanol–water partition coefficient (Wildman–Crippen LogP) is 3.15. The number of nitrogens with one attached hydrogen (secondary N) is 1. The van der Waals surface area contributed by atoms with Gasteiger partial charge in [0.25, 0.3) is 0 Å². The Bertz CT molecular complexity index is 337. The largest absolute Gasteiger partial charge is 0.310 e. The Morgan fingerprint density at radius 2 is 2.29 bits per heavy atom. The Labute approximate surface area is 109 Å². The highest BCUT2D eigenvalue weighted by atomic mass is 32.2. The van der Waals surface area contributed by atoms with E-state index < -0.39 is 0 Å². The zero-order valence-electron chi connectivity index (χ0n) is 10.8. The van der Waals surface area contributed by atoms with Crippen molar-refractivity contribution in [2.45, 2.75) is 50.4 Å². The van der Waals surface area contributed by atoms with Crippen LogP contribution in [0.3, 0.4) is 0 Å². The standard InChI is InChI=1S/C14H22N2S/c1-11-6-7-12(9-15-11)10-16-13-4-3-5-14(8-13)17-2/h6-7,9,13-14,16H,3-5,8,10H2,1-2H3. The lowest BCUT2D eigenvalue weighted by Crippen LogP contribution is -2.34. The van der Waals surface area contributed by atoms with Gasteiger partial charge in [0.05, 0.1) is 0 Å². The Morgan fingerprint density at radius 1 is 1.41 bits per heavy atom. The highest BCUT2D eigenvalue weighted by Crippen LogP contribution is 2.26. The molecular formula is C14H22N2S. The number of aryl methyl sites for hydroxylation is 1. The molecule has 1 aliphatic carbocycles. The van der Waals surface area contributed by atoms with Crippen LogP contribution in [0.25, 0.3) is 0 Å². The Hall–Kier alpha value is -0.540. The predicted molar refractivity (Wildman–Crippen MR) is 75.4 cm³/mol. The van der Waals surface area contributed by atoms with Crippen LogP contribution in [0, 0.1) is 6.92 Å². The average molecular weight is 250 g/mol. The van der Waals surface area contributed by atoms with Crippen molar-refractivity contribution in [3.63, 3.8) is 0 Å². The molecule has 94 valence electrons. The van der Waals surface area contributed by atoms with E-state index in [-0.39, 0.29) is 0 Å². The number of hydrogen-bond donors (Lipinski definition) is 1. The van der Waals surface area contributed by atoms with E-state index >= 15 is 0 Å². The third-order valence-electron chi connectivity index (χ3n) is 3.53. The van der Waals surface area contributed by atoms with Gasteiger partial charge in [0.1, 0.15) is 0 Å². The molecule has 17 heavy (non-hydrogen) atoms. The summed E-state index contributed by atoms with van der Waals surface area (Å²) in [5, 5.41) is 4.53. The van der Waals surface area contributed by atoms with Gasteiger partial charge in [-0.2, -0.15) is 11.8 Å². The van der Waals surface area contributed by atoms with Crippen molar-refractivity contribution in [2.75, 3.05) is 6.26 Å². The Balaban J connectivity index is 1.79. The van der Waals surface area contributed by atoms with Crippen LogP contribution in [-0.4, -0.2) is 22.5 Å². The highest BCUT2D eigenvalue weighted by Gasteiger charge is 2.20. The second kappa shape index (κ2) is 6.41. The van der Waals surface area contributed by atoms with Crippen LogP contribution in [0.15, 0.2) is 18.3 Å². The fourth-order valence-corrected chi connectivity index (χ4v) is 3.24. The molecule has 2 nitrogen and oxygen atoms in total. The van der Waals surface area contributed by atoms with Crippen LogP contribution in [0.2, 0.25) is 0 Å². The van der Waals surface area contributed by atoms with Crippen LogP contribution in [0.5, 0.6) is 0 Å². The van der Waals surface area contributed by atoms with Gasteiger partial charge in [0.15, 0.2) is 0 Å². The van der Waals surface area contributed by atoms with E-state index in [9.17, 15) is 0 Å². The van der Waals surface area contributed by atoms with Gasteiger partial charge in [-0.3, -0.25) is 4.98 Å². The van der Waals surface area contributed by atoms with E-state index in [0.29, 0.717) is 6.04 Å². The van der Waals surface area contributed by atoms with Crippen molar-refractivity contribution < 1.29 is 0 Å². The topological polar surface area (TPSA) is 24.9 Å². The van der Waals surface area contributed by atoms with Crippen molar-refractivity contribution >= 4 is 11.8 Å². The van der Waals surface area contributed by atoms with Gasteiger partial charge in [0.2, 0.25) is 0 Å². The smallest absolute Gasteiger partial charge is 0.0372 e. The molecule has 3 heteroatoms. The van der Waals surface area contributed by atoms with E-state index in [4.69, 9.17) is 0 Å². The summed E-state index contributed by atoms with van der Waals surface area (Å²) < 4.78 is 0. The molecule has 2 atom stereocenters. The molecule has 0 aliphatic heterocycles. The monoisotopic (exact) mass is 250 g/mol. The van der Waals surface area contributed by atoms with E-state index in [2.05, 4.69) is 28.7 Å². The lowest BCUT2D eigenvalue weighted by Gasteiger charge is -2.28. The molecule has 0 bridgehead atoms. The fraction of sp³-hybridized carbons (Fsp3) is 0.643. The van der Waals surface area contributed by atoms with E-state index in [1.54, 1.807) is 0 Å². The summed E-state index contributed by atoms with van der Waals surface area (Å²) in [7, 11) is 0. The second-order valence-electron chi connectivity index (χ2n) is 4.91. The summed E-state index contributed by atoms with van der Waals surface area (Å²) in [5.41, 5.74) is 2.38. The molecule has 0 spiro atoms. The van der Waals surface area contributed by atoms with E-state index in [1.807, 2.05) is 24.9 Å². The highest BCUT2D eigenvalue weighted by molar-refractivity contribution is 7.99. The molecule has 1 heterocycles. The van der Waals surface area contributed by atoms with Gasteiger partial charge in [-0.1, -0.05) is 12.5 Å². The van der Waals surface area contributed by atoms with Gasteiger partial charge in [-0.15, -0.1) is 0 Å². The van der Waals surface area contributed by atoms with Gasteiger partial charge in [-0.25, -0.2) is 0 Å². The number of nitrogens with zero attached hydrogens (tertiary/aromatic N) is 1. The number of aromatic nitrogens is 1. The number of rotatable bonds is 4. The first-order valence-corrected chi connectivity index (χ1v) is 7.74. The van der Waals surface area contributed by atoms with Crippen LogP contribution in [0.4, 0.5) is 0 Å². The zero-order chi connectivity index (χ0) is 12.1. The van der Waals surface area contributed by atoms with Crippen molar-refractivity contribution in [3.8, 4) is 0 Å². The number of thioether (sulfide) groups is 1. The van der Waals surface area contributed by atoms with Gasteiger partial charge in [0, 0.05) is 29.7 Å². The molecule has 1 aromatic heterocycles. The molecule has 0 radical (unpaired) electrons. The molecule has 2 unspecified atom stereocenters. The zero-order valence-corrected chi connectivity index (χ0v) is 11.6. The minimum atomic E-state index is 0.697. The van der Waals surface area contributed by atoms with Gasteiger partial charge >= 0.3 is 0 Å². The maximum atomic E-state index is 4.33. The summed E-state index contributed by atoms with van der Waals surface area (Å²) >= 11 is 2.02. The Kier molecular flexibility index (Phi) is 4.86. The number of hydrogen-bond acceptors (Lipinski definition) is 3. The molecule has 0 aromatic carbocycles. The molecule has 1 aliphatic rings. The normalized spacial score (nSPS) is 24.8. The van der Waals surface area contributed by atoms with Crippen LogP contribution in [-0.2, 0) is 6.54 Å². The molecule has 1 fully saturated rings. The van der Waals surface area contributed by atoms with Crippen LogP contribution < -0.4 is 5.32 Å². The third kappa shape index (κ3) is 4.00. The van der Waals surface area contributed by atoms with Gasteiger partial charge < -0.3 is 5.32 Å². The van der Waals surface area contributed by atoms with E-state index in [1.165, 1.54) is 31.2 Å². The first-order chi connectivity index (χ1) is 8.28. The molecule has 2 rings (SSSR count). The minimum Gasteiger partial charge on any atom is -0.310 e. The summed E-state index contributed by atoms with van der Waals surface area (Å²) in [4.78, 5) is 4.33. The first-order valence-electron chi connectivity index (χ1n) is 6.45. The average Bonchev–Trinajstić information content (AvgIpc) is 2.38. The Morgan fingerprint density at radius 3 is 3.00 bits per heavy atom. The van der Waals surface area contributed by atoms with Crippen molar-refractivity contribution in [1.82, 2.24) is 10.3 Å². The fourth-order valence-electron chi connectivity index (χ4n) is 2.41. The van der Waals surface area contributed by atoms with Crippen molar-refractivity contribution in [2.24, 2.45) is 0 Å². The van der Waals surface area contributed by atoms with Crippen LogP contribution >= 0.6 is 11.8 Å². The SMILES string of the molecule is CSC1CCCC(NCc2ccc(C)nc2)C1.